The molecule has 17 heavy (non-hydrogen) atoms. The van der Waals surface area contributed by atoms with Crippen LogP contribution in [0, 0.1) is 5.92 Å². The highest BCUT2D eigenvalue weighted by molar-refractivity contribution is 6.29. The fourth-order valence-corrected chi connectivity index (χ4v) is 2.25. The Labute approximate surface area is 98.1 Å². The zero-order chi connectivity index (χ0) is 11.8. The maximum Gasteiger partial charge on any atom is 0.263 e. The van der Waals surface area contributed by atoms with Crippen LogP contribution in [0.3, 0.4) is 0 Å². The molecule has 2 aliphatic rings. The number of rotatable bonds is 1. The minimum Gasteiger partial charge on any atom is -0.390 e. The maximum absolute atomic E-state index is 12.2. The molecular weight excluding hydrogens is 218 g/mol. The van der Waals surface area contributed by atoms with Crippen LogP contribution >= 0.6 is 0 Å². The van der Waals surface area contributed by atoms with E-state index in [4.69, 9.17) is 0 Å². The van der Waals surface area contributed by atoms with Crippen LogP contribution in [0.4, 0.5) is 5.69 Å². The predicted octanol–water partition coefficient (Wildman–Crippen LogP) is 0.448. The number of aromatic nitrogens is 1. The lowest BCUT2D eigenvalue weighted by molar-refractivity contribution is -0.122. The first-order valence-corrected chi connectivity index (χ1v) is 5.51. The highest BCUT2D eigenvalue weighted by atomic mass is 16.2. The van der Waals surface area contributed by atoms with E-state index in [1.165, 1.54) is 11.1 Å². The summed E-state index contributed by atoms with van der Waals surface area (Å²) in [5.74, 6) is -0.667. The normalized spacial score (nSPS) is 23.2. The molecule has 0 aliphatic carbocycles. The summed E-state index contributed by atoms with van der Waals surface area (Å²) in [6.45, 7) is 0.730. The molecule has 1 unspecified atom stereocenters. The summed E-state index contributed by atoms with van der Waals surface area (Å²) in [5.41, 5.74) is 1.10. The van der Waals surface area contributed by atoms with Crippen LogP contribution in [-0.4, -0.2) is 23.3 Å². The van der Waals surface area contributed by atoms with Gasteiger partial charge < -0.3 is 5.32 Å². The molecule has 1 saturated heterocycles. The van der Waals surface area contributed by atoms with Crippen molar-refractivity contribution in [2.45, 2.75) is 6.42 Å². The van der Waals surface area contributed by atoms with Crippen molar-refractivity contribution in [2.75, 3.05) is 11.4 Å². The standard InChI is InChI=1S/C12H11N3O2/c16-11-9-3-5-14-7-10(9)12(17)15(11)8-2-1-4-13-6-8/h1-2,4,6-7,9,14H,3,5H2. The van der Waals surface area contributed by atoms with E-state index in [-0.39, 0.29) is 17.7 Å². The van der Waals surface area contributed by atoms with Gasteiger partial charge in [-0.15, -0.1) is 0 Å². The first-order valence-electron chi connectivity index (χ1n) is 5.51. The topological polar surface area (TPSA) is 62.3 Å². The summed E-state index contributed by atoms with van der Waals surface area (Å²) < 4.78 is 0. The summed E-state index contributed by atoms with van der Waals surface area (Å²) in [5, 5.41) is 3.00. The number of imide groups is 1. The highest BCUT2D eigenvalue weighted by Crippen LogP contribution is 2.32. The van der Waals surface area contributed by atoms with Crippen LogP contribution < -0.4 is 10.2 Å². The van der Waals surface area contributed by atoms with Crippen molar-refractivity contribution in [3.63, 3.8) is 0 Å². The molecule has 1 aromatic heterocycles. The molecule has 86 valence electrons. The van der Waals surface area contributed by atoms with Crippen LogP contribution in [0.5, 0.6) is 0 Å². The van der Waals surface area contributed by atoms with E-state index in [0.717, 1.165) is 6.54 Å². The van der Waals surface area contributed by atoms with Gasteiger partial charge in [0.25, 0.3) is 5.91 Å². The highest BCUT2D eigenvalue weighted by Gasteiger charge is 2.44. The van der Waals surface area contributed by atoms with E-state index in [1.807, 2.05) is 0 Å². The molecule has 5 nitrogen and oxygen atoms in total. The largest absolute Gasteiger partial charge is 0.390 e. The average Bonchev–Trinajstić information content (AvgIpc) is 2.64. The van der Waals surface area contributed by atoms with Crippen molar-refractivity contribution in [3.8, 4) is 0 Å². The molecule has 1 fully saturated rings. The third-order valence-electron chi connectivity index (χ3n) is 3.08. The lowest BCUT2D eigenvalue weighted by atomic mass is 9.97. The monoisotopic (exact) mass is 229 g/mol. The number of nitrogens with zero attached hydrogens (tertiary/aromatic N) is 2. The van der Waals surface area contributed by atoms with Gasteiger partial charge in [0.2, 0.25) is 5.91 Å². The Morgan fingerprint density at radius 1 is 1.41 bits per heavy atom. The minimum absolute atomic E-state index is 0.143. The number of hydrogen-bond donors (Lipinski definition) is 1. The first-order chi connectivity index (χ1) is 8.29. The lowest BCUT2D eigenvalue weighted by Gasteiger charge is -2.14. The number of fused-ring (bicyclic) bond motifs is 1. The maximum atomic E-state index is 12.2. The Balaban J connectivity index is 2.03. The van der Waals surface area contributed by atoms with E-state index >= 15 is 0 Å². The minimum atomic E-state index is -0.288. The molecule has 1 atom stereocenters. The van der Waals surface area contributed by atoms with Crippen molar-refractivity contribution in [2.24, 2.45) is 5.92 Å². The fourth-order valence-electron chi connectivity index (χ4n) is 2.25. The number of nitrogens with one attached hydrogen (secondary N) is 1. The molecule has 1 aromatic rings. The SMILES string of the molecule is O=C1C2=CNCCC2C(=O)N1c1cccnc1. The van der Waals surface area contributed by atoms with Crippen LogP contribution in [-0.2, 0) is 9.59 Å². The van der Waals surface area contributed by atoms with Gasteiger partial charge in [-0.2, -0.15) is 0 Å². The van der Waals surface area contributed by atoms with Gasteiger partial charge in [-0.05, 0) is 18.6 Å². The molecule has 2 aliphatic heterocycles. The Morgan fingerprint density at radius 3 is 3.00 bits per heavy atom. The summed E-state index contributed by atoms with van der Waals surface area (Å²) in [6, 6.07) is 3.43. The number of carbonyl (C=O) groups excluding carboxylic acids is 2. The second kappa shape index (κ2) is 3.69. The van der Waals surface area contributed by atoms with E-state index in [2.05, 4.69) is 10.3 Å². The van der Waals surface area contributed by atoms with Crippen molar-refractivity contribution >= 4 is 17.5 Å². The Kier molecular flexibility index (Phi) is 2.18. The lowest BCUT2D eigenvalue weighted by Crippen LogP contribution is -2.30. The van der Waals surface area contributed by atoms with Crippen LogP contribution in [0.2, 0.25) is 0 Å². The van der Waals surface area contributed by atoms with Gasteiger partial charge in [0, 0.05) is 24.5 Å². The van der Waals surface area contributed by atoms with E-state index in [1.54, 1.807) is 24.5 Å². The molecule has 0 saturated carbocycles. The van der Waals surface area contributed by atoms with Crippen molar-refractivity contribution in [1.29, 1.82) is 0 Å². The Bertz CT molecular complexity index is 510. The molecule has 0 aromatic carbocycles. The zero-order valence-electron chi connectivity index (χ0n) is 9.09. The Morgan fingerprint density at radius 2 is 2.29 bits per heavy atom. The van der Waals surface area contributed by atoms with Gasteiger partial charge >= 0.3 is 0 Å². The van der Waals surface area contributed by atoms with Crippen LogP contribution in [0.15, 0.2) is 36.3 Å². The Hall–Kier alpha value is -2.17. The summed E-state index contributed by atoms with van der Waals surface area (Å²) in [7, 11) is 0. The second-order valence-electron chi connectivity index (χ2n) is 4.09. The summed E-state index contributed by atoms with van der Waals surface area (Å²) >= 11 is 0. The van der Waals surface area contributed by atoms with Crippen molar-refractivity contribution in [1.82, 2.24) is 10.3 Å². The molecule has 2 amide bonds. The molecule has 5 heteroatoms. The van der Waals surface area contributed by atoms with Gasteiger partial charge in [-0.3, -0.25) is 14.6 Å². The van der Waals surface area contributed by atoms with Gasteiger partial charge in [0.15, 0.2) is 0 Å². The zero-order valence-corrected chi connectivity index (χ0v) is 9.09. The molecule has 1 N–H and O–H groups in total. The van der Waals surface area contributed by atoms with Gasteiger partial charge in [0.05, 0.1) is 17.8 Å². The van der Waals surface area contributed by atoms with Gasteiger partial charge in [-0.1, -0.05) is 0 Å². The molecule has 0 bridgehead atoms. The molecule has 3 heterocycles. The van der Waals surface area contributed by atoms with Gasteiger partial charge in [-0.25, -0.2) is 4.90 Å². The molecule has 0 spiro atoms. The average molecular weight is 229 g/mol. The number of anilines is 1. The predicted molar refractivity (Wildman–Crippen MR) is 60.9 cm³/mol. The molecule has 0 radical (unpaired) electrons. The van der Waals surface area contributed by atoms with Crippen molar-refractivity contribution < 1.29 is 9.59 Å². The fraction of sp³-hybridized carbons (Fsp3) is 0.250. The summed E-state index contributed by atoms with van der Waals surface area (Å²) in [4.78, 5) is 29.4. The first kappa shape index (κ1) is 10.0. The van der Waals surface area contributed by atoms with Crippen LogP contribution in [0.25, 0.3) is 0 Å². The second-order valence-corrected chi connectivity index (χ2v) is 4.09. The number of carbonyl (C=O) groups is 2. The van der Waals surface area contributed by atoms with Crippen molar-refractivity contribution in [3.05, 3.63) is 36.3 Å². The number of pyridine rings is 1. The number of hydrogen-bond acceptors (Lipinski definition) is 4. The number of amides is 2. The summed E-state index contributed by atoms with van der Waals surface area (Å²) in [6.07, 6.45) is 5.47. The van der Waals surface area contributed by atoms with E-state index < -0.39 is 0 Å². The molecule has 3 rings (SSSR count). The quantitative estimate of drug-likeness (QED) is 0.710. The smallest absolute Gasteiger partial charge is 0.263 e. The third kappa shape index (κ3) is 1.43. The van der Waals surface area contributed by atoms with E-state index in [9.17, 15) is 9.59 Å². The third-order valence-corrected chi connectivity index (χ3v) is 3.08. The van der Waals surface area contributed by atoms with E-state index in [0.29, 0.717) is 17.7 Å². The molecular formula is C12H11N3O2. The van der Waals surface area contributed by atoms with Crippen LogP contribution in [0.1, 0.15) is 6.42 Å². The van der Waals surface area contributed by atoms with Gasteiger partial charge in [0.1, 0.15) is 0 Å².